The molecule has 0 saturated carbocycles. The van der Waals surface area contributed by atoms with E-state index >= 15 is 0 Å². The quantitative estimate of drug-likeness (QED) is 0.804. The Hall–Kier alpha value is -1.47. The molecule has 2 rings (SSSR count). The molecule has 2 N–H and O–H groups in total. The lowest BCUT2D eigenvalue weighted by Crippen LogP contribution is -2.53. The van der Waals surface area contributed by atoms with Gasteiger partial charge in [0.1, 0.15) is 0 Å². The second kappa shape index (κ2) is 4.80. The Morgan fingerprint density at radius 1 is 1.76 bits per heavy atom. The van der Waals surface area contributed by atoms with Crippen LogP contribution in [-0.4, -0.2) is 46.0 Å². The maximum Gasteiger partial charge on any atom is 0.365 e. The van der Waals surface area contributed by atoms with Crippen molar-refractivity contribution >= 4 is 23.2 Å². The van der Waals surface area contributed by atoms with Crippen molar-refractivity contribution in [2.45, 2.75) is 19.5 Å². The van der Waals surface area contributed by atoms with Gasteiger partial charge in [0.25, 0.3) is 0 Å². The molecule has 7 heteroatoms. The molecule has 0 spiro atoms. The standard InChI is InChI=1S/C10H13N3O3S/c1-6-8(14)11-2-3-13(6)4-7-5-17-9(12-7)10(15)16/h5-6H,2-4H2,1H3,(H,11,14)(H,15,16). The van der Waals surface area contributed by atoms with E-state index < -0.39 is 5.97 Å². The Kier molecular flexibility index (Phi) is 3.39. The number of aromatic nitrogens is 1. The van der Waals surface area contributed by atoms with Crippen LogP contribution in [0.5, 0.6) is 0 Å². The summed E-state index contributed by atoms with van der Waals surface area (Å²) in [6, 6.07) is -0.196. The number of carboxylic acid groups (broad SMARTS) is 1. The van der Waals surface area contributed by atoms with Crippen LogP contribution in [0.15, 0.2) is 5.38 Å². The molecule has 92 valence electrons. The lowest BCUT2D eigenvalue weighted by Gasteiger charge is -2.32. The SMILES string of the molecule is CC1C(=O)NCCN1Cc1csc(C(=O)O)n1. The molecule has 1 aliphatic rings. The van der Waals surface area contributed by atoms with Gasteiger partial charge in [-0.2, -0.15) is 0 Å². The Morgan fingerprint density at radius 2 is 2.53 bits per heavy atom. The highest BCUT2D eigenvalue weighted by atomic mass is 32.1. The van der Waals surface area contributed by atoms with Gasteiger partial charge in [0.05, 0.1) is 11.7 Å². The number of nitrogens with one attached hydrogen (secondary N) is 1. The third-order valence-corrected chi connectivity index (χ3v) is 3.60. The van der Waals surface area contributed by atoms with E-state index in [4.69, 9.17) is 5.11 Å². The van der Waals surface area contributed by atoms with Gasteiger partial charge in [0.2, 0.25) is 10.9 Å². The Morgan fingerprint density at radius 3 is 3.18 bits per heavy atom. The summed E-state index contributed by atoms with van der Waals surface area (Å²) in [5.74, 6) is -1.00. The van der Waals surface area contributed by atoms with Crippen molar-refractivity contribution in [1.29, 1.82) is 0 Å². The van der Waals surface area contributed by atoms with Crippen molar-refractivity contribution in [3.8, 4) is 0 Å². The molecule has 0 radical (unpaired) electrons. The highest BCUT2D eigenvalue weighted by molar-refractivity contribution is 7.11. The van der Waals surface area contributed by atoms with Crippen LogP contribution < -0.4 is 5.32 Å². The number of amides is 1. The summed E-state index contributed by atoms with van der Waals surface area (Å²) >= 11 is 1.11. The van der Waals surface area contributed by atoms with Gasteiger partial charge in [-0.05, 0) is 6.92 Å². The third kappa shape index (κ3) is 2.62. The largest absolute Gasteiger partial charge is 0.476 e. The second-order valence-corrected chi connectivity index (χ2v) is 4.74. The molecule has 1 amide bonds. The fourth-order valence-corrected chi connectivity index (χ4v) is 2.38. The Balaban J connectivity index is 2.04. The summed E-state index contributed by atoms with van der Waals surface area (Å²) in [6.07, 6.45) is 0. The lowest BCUT2D eigenvalue weighted by atomic mass is 10.2. The van der Waals surface area contributed by atoms with Crippen LogP contribution in [0.3, 0.4) is 0 Å². The molecule has 6 nitrogen and oxygen atoms in total. The molecule has 2 heterocycles. The molecular weight excluding hydrogens is 242 g/mol. The average Bonchev–Trinajstić information content (AvgIpc) is 2.73. The molecule has 0 aliphatic carbocycles. The van der Waals surface area contributed by atoms with Crippen molar-refractivity contribution in [2.24, 2.45) is 0 Å². The monoisotopic (exact) mass is 255 g/mol. The molecule has 0 aromatic carbocycles. The van der Waals surface area contributed by atoms with Gasteiger partial charge in [0, 0.05) is 25.0 Å². The van der Waals surface area contributed by atoms with Gasteiger partial charge >= 0.3 is 5.97 Å². The Labute approximate surface area is 102 Å². The number of carbonyl (C=O) groups excluding carboxylic acids is 1. The number of hydrogen-bond acceptors (Lipinski definition) is 5. The molecule has 1 atom stereocenters. The fraction of sp³-hybridized carbons (Fsp3) is 0.500. The topological polar surface area (TPSA) is 82.5 Å². The maximum absolute atomic E-state index is 11.4. The minimum atomic E-state index is -1.01. The molecule has 1 fully saturated rings. The minimum Gasteiger partial charge on any atom is -0.476 e. The Bertz CT molecular complexity index is 446. The fourth-order valence-electron chi connectivity index (χ4n) is 1.73. The van der Waals surface area contributed by atoms with Crippen LogP contribution in [0.4, 0.5) is 0 Å². The van der Waals surface area contributed by atoms with Crippen LogP contribution in [0.1, 0.15) is 22.4 Å². The summed E-state index contributed by atoms with van der Waals surface area (Å²) in [7, 11) is 0. The zero-order valence-corrected chi connectivity index (χ0v) is 10.2. The molecule has 0 bridgehead atoms. The normalized spacial score (nSPS) is 21.2. The summed E-state index contributed by atoms with van der Waals surface area (Å²) in [6.45, 7) is 3.73. The smallest absolute Gasteiger partial charge is 0.365 e. The lowest BCUT2D eigenvalue weighted by molar-refractivity contribution is -0.128. The third-order valence-electron chi connectivity index (χ3n) is 2.73. The van der Waals surface area contributed by atoms with E-state index in [9.17, 15) is 9.59 Å². The van der Waals surface area contributed by atoms with Gasteiger partial charge in [-0.3, -0.25) is 9.69 Å². The van der Waals surface area contributed by atoms with E-state index in [2.05, 4.69) is 10.3 Å². The number of nitrogens with zero attached hydrogens (tertiary/aromatic N) is 2. The number of rotatable bonds is 3. The van der Waals surface area contributed by atoms with E-state index in [-0.39, 0.29) is 17.0 Å². The van der Waals surface area contributed by atoms with Crippen molar-refractivity contribution in [3.05, 3.63) is 16.1 Å². The van der Waals surface area contributed by atoms with E-state index in [0.29, 0.717) is 18.8 Å². The molecular formula is C10H13N3O3S. The summed E-state index contributed by atoms with van der Waals surface area (Å²) < 4.78 is 0. The zero-order chi connectivity index (χ0) is 12.4. The van der Waals surface area contributed by atoms with Gasteiger partial charge in [0.15, 0.2) is 0 Å². The van der Waals surface area contributed by atoms with Crippen LogP contribution in [0.25, 0.3) is 0 Å². The van der Waals surface area contributed by atoms with E-state index in [0.717, 1.165) is 17.9 Å². The molecule has 1 aromatic rings. The number of aromatic carboxylic acids is 1. The van der Waals surface area contributed by atoms with Crippen LogP contribution in [0.2, 0.25) is 0 Å². The first-order valence-corrected chi connectivity index (χ1v) is 6.15. The summed E-state index contributed by atoms with van der Waals surface area (Å²) in [4.78, 5) is 28.1. The first-order valence-electron chi connectivity index (χ1n) is 5.27. The van der Waals surface area contributed by atoms with Crippen molar-refractivity contribution < 1.29 is 14.7 Å². The molecule has 1 unspecified atom stereocenters. The first-order chi connectivity index (χ1) is 8.08. The average molecular weight is 255 g/mol. The predicted molar refractivity (Wildman–Crippen MR) is 62.0 cm³/mol. The summed E-state index contributed by atoms with van der Waals surface area (Å²) in [5, 5.41) is 13.4. The number of piperazine rings is 1. The molecule has 1 aromatic heterocycles. The highest BCUT2D eigenvalue weighted by Gasteiger charge is 2.26. The van der Waals surface area contributed by atoms with Crippen LogP contribution in [-0.2, 0) is 11.3 Å². The van der Waals surface area contributed by atoms with Crippen molar-refractivity contribution in [2.75, 3.05) is 13.1 Å². The van der Waals surface area contributed by atoms with E-state index in [1.54, 1.807) is 5.38 Å². The number of carbonyl (C=O) groups is 2. The molecule has 1 aliphatic heterocycles. The van der Waals surface area contributed by atoms with E-state index in [1.165, 1.54) is 0 Å². The number of carboxylic acids is 1. The zero-order valence-electron chi connectivity index (χ0n) is 9.34. The van der Waals surface area contributed by atoms with Crippen molar-refractivity contribution in [3.63, 3.8) is 0 Å². The van der Waals surface area contributed by atoms with Gasteiger partial charge in [-0.1, -0.05) is 0 Å². The summed E-state index contributed by atoms with van der Waals surface area (Å²) in [5.41, 5.74) is 0.703. The van der Waals surface area contributed by atoms with Gasteiger partial charge in [-0.25, -0.2) is 9.78 Å². The van der Waals surface area contributed by atoms with Crippen LogP contribution >= 0.6 is 11.3 Å². The van der Waals surface area contributed by atoms with Crippen LogP contribution in [0, 0.1) is 0 Å². The maximum atomic E-state index is 11.4. The second-order valence-electron chi connectivity index (χ2n) is 3.89. The predicted octanol–water partition coefficient (Wildman–Crippen LogP) is 0.162. The molecule has 1 saturated heterocycles. The van der Waals surface area contributed by atoms with Gasteiger partial charge in [-0.15, -0.1) is 11.3 Å². The molecule has 17 heavy (non-hydrogen) atoms. The van der Waals surface area contributed by atoms with E-state index in [1.807, 2.05) is 11.8 Å². The minimum absolute atomic E-state index is 0.00457. The highest BCUT2D eigenvalue weighted by Crippen LogP contribution is 2.14. The number of thiazole rings is 1. The van der Waals surface area contributed by atoms with Crippen molar-refractivity contribution in [1.82, 2.24) is 15.2 Å². The number of hydrogen-bond donors (Lipinski definition) is 2. The first kappa shape index (κ1) is 12.0. The van der Waals surface area contributed by atoms with Gasteiger partial charge < -0.3 is 10.4 Å².